The van der Waals surface area contributed by atoms with Crippen molar-refractivity contribution in [2.24, 2.45) is 0 Å². The molecule has 1 aromatic rings. The molecule has 1 unspecified atom stereocenters. The van der Waals surface area contributed by atoms with E-state index in [2.05, 4.69) is 29.1 Å². The molecule has 0 aliphatic rings. The third-order valence-corrected chi connectivity index (χ3v) is 1.93. The van der Waals surface area contributed by atoms with E-state index in [9.17, 15) is 0 Å². The fourth-order valence-electron chi connectivity index (χ4n) is 1.29. The van der Waals surface area contributed by atoms with E-state index in [0.717, 1.165) is 18.8 Å². The average Bonchev–Trinajstić information content (AvgIpc) is 2.18. The first kappa shape index (κ1) is 10.9. The molecule has 0 saturated heterocycles. The zero-order chi connectivity index (χ0) is 10.4. The van der Waals surface area contributed by atoms with Crippen molar-refractivity contribution in [3.8, 4) is 5.88 Å². The Balaban J connectivity index is 2.57. The Morgan fingerprint density at radius 3 is 3.00 bits per heavy atom. The Bertz CT molecular complexity index is 278. The van der Waals surface area contributed by atoms with Crippen LogP contribution < -0.4 is 10.1 Å². The van der Waals surface area contributed by atoms with E-state index in [4.69, 9.17) is 4.74 Å². The van der Waals surface area contributed by atoms with Gasteiger partial charge in [0.1, 0.15) is 5.82 Å². The van der Waals surface area contributed by atoms with Crippen LogP contribution in [0.15, 0.2) is 12.3 Å². The highest BCUT2D eigenvalue weighted by Crippen LogP contribution is 2.05. The molecule has 1 heterocycles. The number of rotatable bonds is 5. The predicted molar refractivity (Wildman–Crippen MR) is 55.4 cm³/mol. The van der Waals surface area contributed by atoms with Crippen LogP contribution in [0.2, 0.25) is 0 Å². The van der Waals surface area contributed by atoms with Crippen LogP contribution in [0.3, 0.4) is 0 Å². The molecule has 1 N–H and O–H groups in total. The van der Waals surface area contributed by atoms with Gasteiger partial charge in [0, 0.05) is 24.7 Å². The average molecular weight is 195 g/mol. The van der Waals surface area contributed by atoms with Gasteiger partial charge in [-0.2, -0.15) is 4.98 Å². The normalized spacial score (nSPS) is 12.5. The van der Waals surface area contributed by atoms with Crippen molar-refractivity contribution in [1.82, 2.24) is 15.3 Å². The summed E-state index contributed by atoms with van der Waals surface area (Å²) in [6.07, 6.45) is 2.55. The molecule has 0 fully saturated rings. The first-order valence-electron chi connectivity index (χ1n) is 4.85. The first-order chi connectivity index (χ1) is 6.76. The first-order valence-corrected chi connectivity index (χ1v) is 4.85. The maximum atomic E-state index is 5.02. The molecular formula is C10H17N3O. The lowest BCUT2D eigenvalue weighted by atomic mass is 10.2. The molecule has 0 amide bonds. The van der Waals surface area contributed by atoms with Crippen LogP contribution in [0, 0.1) is 0 Å². The molecule has 0 aliphatic heterocycles. The van der Waals surface area contributed by atoms with Gasteiger partial charge in [-0.3, -0.25) is 0 Å². The van der Waals surface area contributed by atoms with Gasteiger partial charge in [-0.25, -0.2) is 4.98 Å². The van der Waals surface area contributed by atoms with E-state index in [1.54, 1.807) is 19.4 Å². The number of nitrogens with zero attached hydrogens (tertiary/aromatic N) is 2. The van der Waals surface area contributed by atoms with Crippen LogP contribution in [-0.2, 0) is 6.42 Å². The van der Waals surface area contributed by atoms with Gasteiger partial charge in [-0.15, -0.1) is 0 Å². The standard InChI is InChI=1S/C10H17N3O/c1-4-11-8(2)7-9-12-6-5-10(13-9)14-3/h5-6,8,11H,4,7H2,1-3H3. The van der Waals surface area contributed by atoms with E-state index in [1.165, 1.54) is 0 Å². The zero-order valence-corrected chi connectivity index (χ0v) is 8.95. The highest BCUT2D eigenvalue weighted by atomic mass is 16.5. The number of nitrogens with one attached hydrogen (secondary N) is 1. The summed E-state index contributed by atoms with van der Waals surface area (Å²) in [5.41, 5.74) is 0. The Morgan fingerprint density at radius 1 is 1.57 bits per heavy atom. The maximum Gasteiger partial charge on any atom is 0.216 e. The summed E-state index contributed by atoms with van der Waals surface area (Å²) in [5.74, 6) is 1.44. The van der Waals surface area contributed by atoms with Gasteiger partial charge in [0.2, 0.25) is 5.88 Å². The quantitative estimate of drug-likeness (QED) is 0.762. The summed E-state index contributed by atoms with van der Waals surface area (Å²) >= 11 is 0. The number of likely N-dealkylation sites (N-methyl/N-ethyl adjacent to an activating group) is 1. The fraction of sp³-hybridized carbons (Fsp3) is 0.600. The lowest BCUT2D eigenvalue weighted by Crippen LogP contribution is -2.28. The number of methoxy groups -OCH3 is 1. The minimum absolute atomic E-state index is 0.395. The minimum Gasteiger partial charge on any atom is -0.481 e. The zero-order valence-electron chi connectivity index (χ0n) is 8.95. The molecule has 0 aliphatic carbocycles. The lowest BCUT2D eigenvalue weighted by Gasteiger charge is -2.10. The van der Waals surface area contributed by atoms with E-state index in [1.807, 2.05) is 0 Å². The fourth-order valence-corrected chi connectivity index (χ4v) is 1.29. The largest absolute Gasteiger partial charge is 0.481 e. The molecule has 4 heteroatoms. The van der Waals surface area contributed by atoms with Crippen molar-refractivity contribution in [1.29, 1.82) is 0 Å². The number of hydrogen-bond donors (Lipinski definition) is 1. The summed E-state index contributed by atoms with van der Waals surface area (Å²) < 4.78 is 5.02. The number of hydrogen-bond acceptors (Lipinski definition) is 4. The van der Waals surface area contributed by atoms with Crippen molar-refractivity contribution in [2.45, 2.75) is 26.3 Å². The van der Waals surface area contributed by atoms with Gasteiger partial charge in [0.25, 0.3) is 0 Å². The molecule has 0 spiro atoms. The van der Waals surface area contributed by atoms with Gasteiger partial charge in [0.05, 0.1) is 7.11 Å². The molecule has 14 heavy (non-hydrogen) atoms. The van der Waals surface area contributed by atoms with Crippen molar-refractivity contribution in [3.63, 3.8) is 0 Å². The molecule has 4 nitrogen and oxygen atoms in total. The third kappa shape index (κ3) is 3.30. The summed E-state index contributed by atoms with van der Waals surface area (Å²) in [6.45, 7) is 5.17. The molecule has 0 radical (unpaired) electrons. The van der Waals surface area contributed by atoms with Gasteiger partial charge >= 0.3 is 0 Å². The predicted octanol–water partition coefficient (Wildman–Crippen LogP) is 1.03. The maximum absolute atomic E-state index is 5.02. The second-order valence-electron chi connectivity index (χ2n) is 3.18. The van der Waals surface area contributed by atoms with Crippen molar-refractivity contribution >= 4 is 0 Å². The molecule has 1 aromatic heterocycles. The molecule has 0 bridgehead atoms. The Kier molecular flexibility index (Phi) is 4.32. The second kappa shape index (κ2) is 5.54. The Labute approximate surface area is 84.7 Å². The minimum atomic E-state index is 0.395. The van der Waals surface area contributed by atoms with Crippen molar-refractivity contribution < 1.29 is 4.74 Å². The van der Waals surface area contributed by atoms with Crippen LogP contribution in [0.5, 0.6) is 5.88 Å². The Morgan fingerprint density at radius 2 is 2.36 bits per heavy atom. The van der Waals surface area contributed by atoms with Gasteiger partial charge in [-0.1, -0.05) is 6.92 Å². The van der Waals surface area contributed by atoms with Crippen molar-refractivity contribution in [2.75, 3.05) is 13.7 Å². The van der Waals surface area contributed by atoms with Gasteiger partial charge < -0.3 is 10.1 Å². The monoisotopic (exact) mass is 195 g/mol. The van der Waals surface area contributed by atoms with Crippen LogP contribution in [0.4, 0.5) is 0 Å². The highest BCUT2D eigenvalue weighted by molar-refractivity contribution is 5.08. The smallest absolute Gasteiger partial charge is 0.216 e. The Hall–Kier alpha value is -1.16. The molecule has 1 rings (SSSR count). The van der Waals surface area contributed by atoms with Gasteiger partial charge in [0.15, 0.2) is 0 Å². The lowest BCUT2D eigenvalue weighted by molar-refractivity contribution is 0.393. The molecule has 0 saturated carbocycles. The SMILES string of the molecule is CCNC(C)Cc1nccc(OC)n1. The van der Waals surface area contributed by atoms with Crippen LogP contribution in [-0.4, -0.2) is 29.7 Å². The second-order valence-corrected chi connectivity index (χ2v) is 3.18. The summed E-state index contributed by atoms with van der Waals surface area (Å²) in [6, 6.07) is 2.15. The van der Waals surface area contributed by atoms with Crippen LogP contribution in [0.25, 0.3) is 0 Å². The van der Waals surface area contributed by atoms with Crippen LogP contribution in [0.1, 0.15) is 19.7 Å². The third-order valence-electron chi connectivity index (χ3n) is 1.93. The molecule has 1 atom stereocenters. The topological polar surface area (TPSA) is 47.0 Å². The highest BCUT2D eigenvalue weighted by Gasteiger charge is 2.04. The summed E-state index contributed by atoms with van der Waals surface area (Å²) in [5, 5.41) is 3.31. The molecule has 78 valence electrons. The van der Waals surface area contributed by atoms with E-state index in [-0.39, 0.29) is 0 Å². The summed E-state index contributed by atoms with van der Waals surface area (Å²) in [4.78, 5) is 8.42. The molecular weight excluding hydrogens is 178 g/mol. The molecule has 0 aromatic carbocycles. The van der Waals surface area contributed by atoms with E-state index < -0.39 is 0 Å². The summed E-state index contributed by atoms with van der Waals surface area (Å²) in [7, 11) is 1.61. The number of aromatic nitrogens is 2. The number of ether oxygens (including phenoxy) is 1. The van der Waals surface area contributed by atoms with E-state index >= 15 is 0 Å². The van der Waals surface area contributed by atoms with E-state index in [0.29, 0.717) is 11.9 Å². The van der Waals surface area contributed by atoms with Crippen LogP contribution >= 0.6 is 0 Å². The van der Waals surface area contributed by atoms with Crippen molar-refractivity contribution in [3.05, 3.63) is 18.1 Å². The van der Waals surface area contributed by atoms with Gasteiger partial charge in [-0.05, 0) is 13.5 Å².